The third-order valence-electron chi connectivity index (χ3n) is 3.74. The number of carbonyl (C=O) groups excluding carboxylic acids is 2. The lowest BCUT2D eigenvalue weighted by atomic mass is 10.1. The van der Waals surface area contributed by atoms with Crippen LogP contribution in [0.1, 0.15) is 22.3 Å². The van der Waals surface area contributed by atoms with E-state index in [0.29, 0.717) is 32.3 Å². The third kappa shape index (κ3) is 4.22. The summed E-state index contributed by atoms with van der Waals surface area (Å²) >= 11 is 0. The van der Waals surface area contributed by atoms with Crippen LogP contribution < -0.4 is 0 Å². The van der Waals surface area contributed by atoms with Crippen molar-refractivity contribution in [1.82, 2.24) is 14.8 Å². The number of ether oxygens (including phenoxy) is 1. The van der Waals surface area contributed by atoms with Crippen LogP contribution in [0.3, 0.4) is 0 Å². The van der Waals surface area contributed by atoms with Crippen LogP contribution in [0.5, 0.6) is 0 Å². The number of amides is 2. The van der Waals surface area contributed by atoms with Gasteiger partial charge in [0.2, 0.25) is 5.91 Å². The zero-order valence-electron chi connectivity index (χ0n) is 13.2. The van der Waals surface area contributed by atoms with Gasteiger partial charge in [-0.2, -0.15) is 13.2 Å². The number of rotatable bonds is 4. The number of methoxy groups -OCH3 is 1. The van der Waals surface area contributed by atoms with E-state index < -0.39 is 23.2 Å². The van der Waals surface area contributed by atoms with Gasteiger partial charge in [0.25, 0.3) is 5.91 Å². The second-order valence-corrected chi connectivity index (χ2v) is 5.37. The fourth-order valence-corrected chi connectivity index (χ4v) is 2.51. The highest BCUT2D eigenvalue weighted by molar-refractivity contribution is 5.98. The molecule has 0 unspecified atom stereocenters. The summed E-state index contributed by atoms with van der Waals surface area (Å²) in [5.41, 5.74) is -1.58. The molecule has 24 heavy (non-hydrogen) atoms. The van der Waals surface area contributed by atoms with Crippen LogP contribution in [0, 0.1) is 0 Å². The Balaban J connectivity index is 2.18. The molecule has 0 saturated carbocycles. The average molecular weight is 345 g/mol. The maximum absolute atomic E-state index is 13.0. The summed E-state index contributed by atoms with van der Waals surface area (Å²) in [7, 11) is 1.51. The zero-order valence-corrected chi connectivity index (χ0v) is 13.2. The van der Waals surface area contributed by atoms with Gasteiger partial charge in [0.15, 0.2) is 0 Å². The number of alkyl halides is 3. The monoisotopic (exact) mass is 345 g/mol. The topological polar surface area (TPSA) is 62.7 Å². The highest BCUT2D eigenvalue weighted by Crippen LogP contribution is 2.31. The fourth-order valence-electron chi connectivity index (χ4n) is 2.51. The van der Waals surface area contributed by atoms with Crippen LogP contribution in [0.15, 0.2) is 18.5 Å². The van der Waals surface area contributed by atoms with Gasteiger partial charge in [-0.25, -0.2) is 0 Å². The van der Waals surface area contributed by atoms with Crippen LogP contribution in [0.2, 0.25) is 0 Å². The first-order valence-corrected chi connectivity index (χ1v) is 7.41. The van der Waals surface area contributed by atoms with Gasteiger partial charge >= 0.3 is 6.18 Å². The zero-order chi connectivity index (χ0) is 17.7. The number of aromatic nitrogens is 1. The van der Waals surface area contributed by atoms with Gasteiger partial charge in [-0.05, 0) is 12.5 Å². The molecule has 1 aliphatic rings. The van der Waals surface area contributed by atoms with Crippen LogP contribution in [-0.4, -0.2) is 66.5 Å². The second-order valence-electron chi connectivity index (χ2n) is 5.37. The van der Waals surface area contributed by atoms with Gasteiger partial charge < -0.3 is 14.5 Å². The van der Waals surface area contributed by atoms with E-state index in [4.69, 9.17) is 4.74 Å². The van der Waals surface area contributed by atoms with Crippen molar-refractivity contribution in [3.05, 3.63) is 29.6 Å². The Bertz CT molecular complexity index is 607. The molecule has 6 nitrogen and oxygen atoms in total. The molecule has 0 N–H and O–H groups in total. The number of pyridine rings is 1. The lowest BCUT2D eigenvalue weighted by Gasteiger charge is -2.22. The number of hydrogen-bond acceptors (Lipinski definition) is 4. The molecule has 1 fully saturated rings. The second kappa shape index (κ2) is 7.61. The van der Waals surface area contributed by atoms with Crippen molar-refractivity contribution in [3.8, 4) is 0 Å². The highest BCUT2D eigenvalue weighted by Gasteiger charge is 2.37. The Morgan fingerprint density at radius 2 is 2.12 bits per heavy atom. The highest BCUT2D eigenvalue weighted by atomic mass is 19.4. The van der Waals surface area contributed by atoms with E-state index in [-0.39, 0.29) is 19.0 Å². The van der Waals surface area contributed by atoms with Crippen LogP contribution in [0.25, 0.3) is 0 Å². The van der Waals surface area contributed by atoms with Gasteiger partial charge in [-0.1, -0.05) is 0 Å². The summed E-state index contributed by atoms with van der Waals surface area (Å²) in [6, 6.07) is 1.03. The maximum atomic E-state index is 13.0. The smallest absolute Gasteiger partial charge is 0.383 e. The van der Waals surface area contributed by atoms with Crippen molar-refractivity contribution in [2.24, 2.45) is 0 Å². The first-order valence-electron chi connectivity index (χ1n) is 7.41. The minimum absolute atomic E-state index is 0.216. The molecule has 2 rings (SSSR count). The predicted octanol–water partition coefficient (Wildman–Crippen LogP) is 1.42. The Morgan fingerprint density at radius 3 is 2.79 bits per heavy atom. The molecule has 0 atom stereocenters. The molecule has 9 heteroatoms. The Morgan fingerprint density at radius 1 is 1.38 bits per heavy atom. The van der Waals surface area contributed by atoms with E-state index in [0.717, 1.165) is 17.2 Å². The molecule has 132 valence electrons. The molecule has 2 amide bonds. The van der Waals surface area contributed by atoms with E-state index in [2.05, 4.69) is 4.98 Å². The van der Waals surface area contributed by atoms with Crippen molar-refractivity contribution in [3.63, 3.8) is 0 Å². The molecule has 0 aliphatic carbocycles. The summed E-state index contributed by atoms with van der Waals surface area (Å²) in [5.74, 6) is -1.12. The number of nitrogens with zero attached hydrogens (tertiary/aromatic N) is 3. The quantitative estimate of drug-likeness (QED) is 0.828. The summed E-state index contributed by atoms with van der Waals surface area (Å²) in [6.45, 7) is 1.16. The maximum Gasteiger partial charge on any atom is 0.418 e. The Labute approximate surface area is 137 Å². The molecule has 0 radical (unpaired) electrons. The summed E-state index contributed by atoms with van der Waals surface area (Å²) in [6.07, 6.45) is -2.43. The Hall–Kier alpha value is -2.16. The largest absolute Gasteiger partial charge is 0.418 e. The van der Waals surface area contributed by atoms with Crippen molar-refractivity contribution >= 4 is 11.8 Å². The first-order chi connectivity index (χ1) is 11.3. The van der Waals surface area contributed by atoms with Crippen LogP contribution in [-0.2, 0) is 15.7 Å². The Kier molecular flexibility index (Phi) is 5.76. The normalized spacial score (nSPS) is 16.2. The van der Waals surface area contributed by atoms with E-state index in [1.54, 1.807) is 4.90 Å². The number of halogens is 3. The molecular weight excluding hydrogens is 327 g/mol. The first kappa shape index (κ1) is 18.2. The lowest BCUT2D eigenvalue weighted by molar-refractivity contribution is -0.138. The van der Waals surface area contributed by atoms with E-state index in [1.807, 2.05) is 0 Å². The molecule has 0 spiro atoms. The minimum Gasteiger partial charge on any atom is -0.383 e. The fraction of sp³-hybridized carbons (Fsp3) is 0.533. The van der Waals surface area contributed by atoms with E-state index in [9.17, 15) is 22.8 Å². The molecule has 2 heterocycles. The van der Waals surface area contributed by atoms with Gasteiger partial charge in [0.05, 0.1) is 17.7 Å². The molecule has 1 aromatic heterocycles. The number of hydrogen-bond donors (Lipinski definition) is 0. The summed E-state index contributed by atoms with van der Waals surface area (Å²) in [5, 5.41) is 0. The third-order valence-corrected chi connectivity index (χ3v) is 3.74. The summed E-state index contributed by atoms with van der Waals surface area (Å²) in [4.78, 5) is 30.8. The molecule has 0 bridgehead atoms. The molecule has 1 aromatic rings. The standard InChI is InChI=1S/C15H18F3N3O3/c1-24-8-7-20-5-2-6-21(10-13(20)22)14(23)11-3-4-19-9-12(11)15(16,17)18/h3-4,9H,2,5-8,10H2,1H3. The lowest BCUT2D eigenvalue weighted by Crippen LogP contribution is -2.40. The van der Waals surface area contributed by atoms with Crippen molar-refractivity contribution in [2.45, 2.75) is 12.6 Å². The van der Waals surface area contributed by atoms with Crippen molar-refractivity contribution in [1.29, 1.82) is 0 Å². The summed E-state index contributed by atoms with van der Waals surface area (Å²) < 4.78 is 44.0. The van der Waals surface area contributed by atoms with E-state index in [1.165, 1.54) is 7.11 Å². The van der Waals surface area contributed by atoms with Gasteiger partial charge in [-0.15, -0.1) is 0 Å². The average Bonchev–Trinajstić information content (AvgIpc) is 2.73. The van der Waals surface area contributed by atoms with Crippen LogP contribution >= 0.6 is 0 Å². The predicted molar refractivity (Wildman–Crippen MR) is 78.2 cm³/mol. The SMILES string of the molecule is COCCN1CCCN(C(=O)c2ccncc2C(F)(F)F)CC1=O. The van der Waals surface area contributed by atoms with Gasteiger partial charge in [0.1, 0.15) is 6.54 Å². The van der Waals surface area contributed by atoms with Crippen molar-refractivity contribution < 1.29 is 27.5 Å². The van der Waals surface area contributed by atoms with Gasteiger partial charge in [0, 0.05) is 39.1 Å². The number of carbonyl (C=O) groups is 2. The molecular formula is C15H18F3N3O3. The molecule has 0 aromatic carbocycles. The molecule has 1 aliphatic heterocycles. The van der Waals surface area contributed by atoms with Crippen LogP contribution in [0.4, 0.5) is 13.2 Å². The minimum atomic E-state index is -4.68. The van der Waals surface area contributed by atoms with Crippen molar-refractivity contribution in [2.75, 3.05) is 39.9 Å². The van der Waals surface area contributed by atoms with Gasteiger partial charge in [-0.3, -0.25) is 14.6 Å². The van der Waals surface area contributed by atoms with E-state index >= 15 is 0 Å². The molecule has 1 saturated heterocycles.